The Labute approximate surface area is 316 Å². The van der Waals surface area contributed by atoms with Gasteiger partial charge in [0.05, 0.1) is 11.4 Å². The average molecular weight is 702 g/mol. The summed E-state index contributed by atoms with van der Waals surface area (Å²) in [5.74, 6) is 1.88. The summed E-state index contributed by atoms with van der Waals surface area (Å²) >= 11 is 0. The van der Waals surface area contributed by atoms with Crippen LogP contribution >= 0.6 is 0 Å². The molecule has 0 spiro atoms. The van der Waals surface area contributed by atoms with E-state index >= 15 is 0 Å². The molecule has 11 aromatic rings. The minimum absolute atomic E-state index is 0.610. The van der Waals surface area contributed by atoms with Crippen molar-refractivity contribution in [2.24, 2.45) is 0 Å². The molecule has 0 amide bonds. The minimum atomic E-state index is 0.610. The molecule has 0 saturated heterocycles. The lowest BCUT2D eigenvalue weighted by atomic mass is 9.96. The Morgan fingerprint density at radius 3 is 1.40 bits per heavy atom. The van der Waals surface area contributed by atoms with Crippen molar-refractivity contribution in [3.05, 3.63) is 188 Å². The second-order valence-corrected chi connectivity index (χ2v) is 13.9. The lowest BCUT2D eigenvalue weighted by Gasteiger charge is -2.14. The molecule has 0 fully saturated rings. The van der Waals surface area contributed by atoms with E-state index in [1.54, 1.807) is 0 Å². The van der Waals surface area contributed by atoms with E-state index < -0.39 is 0 Å². The van der Waals surface area contributed by atoms with Crippen LogP contribution in [0.2, 0.25) is 0 Å². The topological polar surface area (TPSA) is 56.0 Å². The third-order valence-electron chi connectivity index (χ3n) is 10.6. The third-order valence-corrected chi connectivity index (χ3v) is 10.6. The van der Waals surface area contributed by atoms with Crippen LogP contribution in [0.3, 0.4) is 0 Å². The Kier molecular flexibility index (Phi) is 7.10. The smallest absolute Gasteiger partial charge is 0.164 e. The number of imidazole rings is 1. The minimum Gasteiger partial charge on any atom is -0.299 e. The number of pyridine rings is 1. The molecule has 0 unspecified atom stereocenters. The van der Waals surface area contributed by atoms with Crippen molar-refractivity contribution < 1.29 is 0 Å². The molecule has 3 heterocycles. The van der Waals surface area contributed by atoms with E-state index in [0.29, 0.717) is 17.5 Å². The maximum Gasteiger partial charge on any atom is 0.164 e. The van der Waals surface area contributed by atoms with Crippen LogP contribution in [0.1, 0.15) is 0 Å². The molecular weight excluding hydrogens is 671 g/mol. The largest absolute Gasteiger partial charge is 0.299 e. The first-order valence-electron chi connectivity index (χ1n) is 18.5. The Balaban J connectivity index is 1.14. The van der Waals surface area contributed by atoms with Gasteiger partial charge in [-0.3, -0.25) is 4.40 Å². The van der Waals surface area contributed by atoms with Crippen LogP contribution in [0.25, 0.3) is 105 Å². The van der Waals surface area contributed by atoms with E-state index in [9.17, 15) is 0 Å². The molecule has 3 aromatic heterocycles. The number of hydrogen-bond donors (Lipinski definition) is 0. The Bertz CT molecular complexity index is 3120. The molecular formula is C50H31N5. The highest BCUT2D eigenvalue weighted by Crippen LogP contribution is 2.39. The second kappa shape index (κ2) is 12.6. The third kappa shape index (κ3) is 5.17. The zero-order valence-electron chi connectivity index (χ0n) is 29.6. The van der Waals surface area contributed by atoms with Gasteiger partial charge >= 0.3 is 0 Å². The Morgan fingerprint density at radius 2 is 0.800 bits per heavy atom. The van der Waals surface area contributed by atoms with Crippen molar-refractivity contribution in [2.45, 2.75) is 0 Å². The maximum absolute atomic E-state index is 5.31. The first-order valence-corrected chi connectivity index (χ1v) is 18.5. The predicted octanol–water partition coefficient (Wildman–Crippen LogP) is 12.5. The zero-order chi connectivity index (χ0) is 36.3. The average Bonchev–Trinajstić information content (AvgIpc) is 3.66. The molecule has 5 nitrogen and oxygen atoms in total. The molecule has 8 aromatic carbocycles. The number of fused-ring (bicyclic) bond motifs is 7. The molecule has 0 atom stereocenters. The van der Waals surface area contributed by atoms with Gasteiger partial charge in [-0.05, 0) is 67.4 Å². The summed E-state index contributed by atoms with van der Waals surface area (Å²) < 4.78 is 2.16. The van der Waals surface area contributed by atoms with Crippen LogP contribution in [0.5, 0.6) is 0 Å². The van der Waals surface area contributed by atoms with Crippen LogP contribution in [0.4, 0.5) is 0 Å². The fourth-order valence-electron chi connectivity index (χ4n) is 8.07. The van der Waals surface area contributed by atoms with Crippen LogP contribution in [-0.2, 0) is 0 Å². The second-order valence-electron chi connectivity index (χ2n) is 13.9. The van der Waals surface area contributed by atoms with Crippen molar-refractivity contribution in [1.82, 2.24) is 24.3 Å². The molecule has 0 aliphatic heterocycles. The zero-order valence-corrected chi connectivity index (χ0v) is 29.6. The lowest BCUT2D eigenvalue weighted by Crippen LogP contribution is -2.01. The van der Waals surface area contributed by atoms with Crippen molar-refractivity contribution in [3.8, 4) is 56.7 Å². The molecule has 0 saturated carbocycles. The van der Waals surface area contributed by atoms with E-state index in [2.05, 4.69) is 168 Å². The van der Waals surface area contributed by atoms with E-state index in [4.69, 9.17) is 19.9 Å². The summed E-state index contributed by atoms with van der Waals surface area (Å²) in [6, 6.07) is 63.6. The summed E-state index contributed by atoms with van der Waals surface area (Å²) in [6.07, 6.45) is 2.07. The molecule has 0 aliphatic rings. The highest BCUT2D eigenvalue weighted by molar-refractivity contribution is 6.14. The van der Waals surface area contributed by atoms with Crippen LogP contribution in [0, 0.1) is 0 Å². The molecule has 0 aliphatic carbocycles. The van der Waals surface area contributed by atoms with Crippen molar-refractivity contribution in [2.75, 3.05) is 0 Å². The predicted molar refractivity (Wildman–Crippen MR) is 226 cm³/mol. The van der Waals surface area contributed by atoms with Gasteiger partial charge in [0, 0.05) is 34.0 Å². The van der Waals surface area contributed by atoms with Gasteiger partial charge in [-0.1, -0.05) is 158 Å². The first-order chi connectivity index (χ1) is 27.3. The monoisotopic (exact) mass is 701 g/mol. The van der Waals surface area contributed by atoms with Crippen molar-refractivity contribution >= 4 is 48.7 Å². The number of benzene rings is 8. The normalized spacial score (nSPS) is 11.6. The number of nitrogens with zero attached hydrogens (tertiary/aromatic N) is 5. The molecule has 0 N–H and O–H groups in total. The van der Waals surface area contributed by atoms with Crippen molar-refractivity contribution in [3.63, 3.8) is 0 Å². The standard InChI is InChI=1S/C50H31N5/c1-2-14-33(15-3-1)47-46(51-45-24-12-13-29-55(45)47)32-25-27-34(28-26-32)48-52-49(43-30-35-16-4-6-18-37(35)39-20-8-10-22-41(39)43)54-50(53-48)44-31-36-17-5-7-19-38(36)40-21-9-11-23-42(40)44/h1-31H. The van der Waals surface area contributed by atoms with Gasteiger partial charge in [-0.15, -0.1) is 0 Å². The number of hydrogen-bond acceptors (Lipinski definition) is 4. The van der Waals surface area contributed by atoms with Gasteiger partial charge < -0.3 is 0 Å². The summed E-state index contributed by atoms with van der Waals surface area (Å²) in [6.45, 7) is 0. The van der Waals surface area contributed by atoms with Gasteiger partial charge in [0.2, 0.25) is 0 Å². The molecule has 0 bridgehead atoms. The summed E-state index contributed by atoms with van der Waals surface area (Å²) in [7, 11) is 0. The SMILES string of the molecule is c1ccc(-c2c(-c3ccc(-c4nc(-c5cc6ccccc6c6ccccc56)nc(-c5cc6ccccc6c6ccccc56)n4)cc3)nc3ccccn23)cc1. The highest BCUT2D eigenvalue weighted by atomic mass is 15.0. The Hall–Kier alpha value is -7.50. The van der Waals surface area contributed by atoms with E-state index in [1.165, 1.54) is 21.5 Å². The van der Waals surface area contributed by atoms with E-state index in [-0.39, 0.29) is 0 Å². The molecule has 5 heteroatoms. The first kappa shape index (κ1) is 31.1. The molecule has 55 heavy (non-hydrogen) atoms. The summed E-state index contributed by atoms with van der Waals surface area (Å²) in [4.78, 5) is 20.9. The fraction of sp³-hybridized carbons (Fsp3) is 0. The van der Waals surface area contributed by atoms with Crippen LogP contribution < -0.4 is 0 Å². The van der Waals surface area contributed by atoms with Gasteiger partial charge in [0.25, 0.3) is 0 Å². The summed E-state index contributed by atoms with van der Waals surface area (Å²) in [5.41, 5.74) is 7.84. The Morgan fingerprint density at radius 1 is 0.327 bits per heavy atom. The molecule has 0 radical (unpaired) electrons. The van der Waals surface area contributed by atoms with Gasteiger partial charge in [0.15, 0.2) is 17.5 Å². The van der Waals surface area contributed by atoms with E-state index in [1.807, 2.05) is 24.3 Å². The number of aromatic nitrogens is 5. The molecule has 256 valence electrons. The highest BCUT2D eigenvalue weighted by Gasteiger charge is 2.20. The van der Waals surface area contributed by atoms with Crippen LogP contribution in [-0.4, -0.2) is 24.3 Å². The van der Waals surface area contributed by atoms with Gasteiger partial charge in [-0.25, -0.2) is 19.9 Å². The maximum atomic E-state index is 5.31. The number of rotatable bonds is 5. The molecule has 11 rings (SSSR count). The van der Waals surface area contributed by atoms with Gasteiger partial charge in [-0.2, -0.15) is 0 Å². The van der Waals surface area contributed by atoms with Gasteiger partial charge in [0.1, 0.15) is 5.65 Å². The fourth-order valence-corrected chi connectivity index (χ4v) is 8.07. The van der Waals surface area contributed by atoms with E-state index in [0.717, 1.165) is 66.4 Å². The quantitative estimate of drug-likeness (QED) is 0.168. The summed E-state index contributed by atoms with van der Waals surface area (Å²) in [5, 5.41) is 9.22. The van der Waals surface area contributed by atoms with Crippen LogP contribution in [0.15, 0.2) is 188 Å². The van der Waals surface area contributed by atoms with Crippen molar-refractivity contribution in [1.29, 1.82) is 0 Å². The lowest BCUT2D eigenvalue weighted by molar-refractivity contribution is 1.08.